The van der Waals surface area contributed by atoms with Crippen LogP contribution in [-0.2, 0) is 65.6 Å². The molecular formula is C47H62N12O16. The number of aromatic amines is 2. The zero-order chi connectivity index (χ0) is 55.7. The Balaban J connectivity index is 1.44. The second kappa shape index (κ2) is 27.5. The molecule has 0 saturated carbocycles. The zero-order valence-corrected chi connectivity index (χ0v) is 40.9. The molecule has 0 bridgehead atoms. The van der Waals surface area contributed by atoms with Gasteiger partial charge in [0, 0.05) is 47.0 Å². The van der Waals surface area contributed by atoms with Gasteiger partial charge in [-0.25, -0.2) is 4.79 Å². The molecule has 0 saturated heterocycles. The maximum Gasteiger partial charge on any atom is 0.326 e. The fraction of sp³-hybridized carbons (Fsp3) is 0.426. The van der Waals surface area contributed by atoms with Gasteiger partial charge < -0.3 is 89.5 Å². The van der Waals surface area contributed by atoms with E-state index in [1.54, 1.807) is 60.9 Å². The van der Waals surface area contributed by atoms with Crippen LogP contribution in [0.4, 0.5) is 0 Å². The molecule has 0 fully saturated rings. The molecule has 2 aromatic heterocycles. The van der Waals surface area contributed by atoms with Crippen molar-refractivity contribution in [3.05, 3.63) is 72.1 Å². The first kappa shape index (κ1) is 59.1. The number of aliphatic hydroxyl groups is 3. The van der Waals surface area contributed by atoms with Gasteiger partial charge in [-0.2, -0.15) is 0 Å². The van der Waals surface area contributed by atoms with E-state index in [1.165, 1.54) is 13.8 Å². The number of aliphatic carboxylic acids is 2. The second-order valence-electron chi connectivity index (χ2n) is 17.7. The van der Waals surface area contributed by atoms with Gasteiger partial charge >= 0.3 is 11.9 Å². The maximum absolute atomic E-state index is 13.9. The first-order valence-corrected chi connectivity index (χ1v) is 23.3. The third kappa shape index (κ3) is 17.1. The lowest BCUT2D eigenvalue weighted by Crippen LogP contribution is -2.62. The van der Waals surface area contributed by atoms with Crippen LogP contribution in [0, 0.1) is 5.92 Å². The molecule has 9 atom stereocenters. The summed E-state index contributed by atoms with van der Waals surface area (Å²) in [5.74, 6) is -13.6. The summed E-state index contributed by atoms with van der Waals surface area (Å²) in [5, 5.41) is 69.4. The minimum Gasteiger partial charge on any atom is -0.481 e. The molecule has 4 aromatic rings. The number of benzene rings is 2. The number of para-hydroxylation sites is 2. The van der Waals surface area contributed by atoms with E-state index < -0.39 is 158 Å². The highest BCUT2D eigenvalue weighted by Gasteiger charge is 2.36. The molecule has 0 radical (unpaired) electrons. The number of amides is 9. The van der Waals surface area contributed by atoms with Crippen LogP contribution in [0.1, 0.15) is 44.7 Å². The summed E-state index contributed by atoms with van der Waals surface area (Å²) >= 11 is 0. The number of carbonyl (C=O) groups excluding carboxylic acids is 9. The predicted octanol–water partition coefficient (Wildman–Crippen LogP) is -5.27. The van der Waals surface area contributed by atoms with E-state index in [9.17, 15) is 78.3 Å². The number of fused-ring (bicyclic) bond motifs is 2. The molecule has 2 aromatic carbocycles. The van der Waals surface area contributed by atoms with Crippen molar-refractivity contribution < 1.29 is 78.3 Å². The number of H-pyrrole nitrogens is 2. The van der Waals surface area contributed by atoms with Crippen LogP contribution in [0.2, 0.25) is 0 Å². The molecule has 0 aliphatic heterocycles. The molecule has 9 amide bonds. The Morgan fingerprint density at radius 1 is 0.547 bits per heavy atom. The number of rotatable bonds is 29. The van der Waals surface area contributed by atoms with Crippen LogP contribution in [-0.4, -0.2) is 175 Å². The highest BCUT2D eigenvalue weighted by atomic mass is 16.4. The van der Waals surface area contributed by atoms with E-state index in [0.29, 0.717) is 22.0 Å². The number of carboxylic acid groups (broad SMARTS) is 2. The van der Waals surface area contributed by atoms with Gasteiger partial charge in [-0.15, -0.1) is 0 Å². The number of hydrogen-bond acceptors (Lipinski definition) is 15. The van der Waals surface area contributed by atoms with Gasteiger partial charge in [-0.3, -0.25) is 47.9 Å². The lowest BCUT2D eigenvalue weighted by atomic mass is 10.0. The van der Waals surface area contributed by atoms with E-state index in [1.807, 2.05) is 10.6 Å². The molecule has 75 heavy (non-hydrogen) atoms. The van der Waals surface area contributed by atoms with Gasteiger partial charge in [0.1, 0.15) is 42.3 Å². The average Bonchev–Trinajstić information content (AvgIpc) is 3.96. The van der Waals surface area contributed by atoms with Crippen molar-refractivity contribution >= 4 is 86.9 Å². The number of aromatic nitrogens is 2. The Kier molecular flexibility index (Phi) is 21.7. The normalized spacial score (nSPS) is 14.8. The van der Waals surface area contributed by atoms with Crippen molar-refractivity contribution in [3.8, 4) is 0 Å². The van der Waals surface area contributed by atoms with Gasteiger partial charge in [-0.1, -0.05) is 50.2 Å². The maximum atomic E-state index is 13.9. The number of aliphatic hydroxyl groups excluding tert-OH is 3. The average molecular weight is 1050 g/mol. The minimum atomic E-state index is -1.99. The standard InChI is InChI=1S/C47H62N12O16/c1-21(2)38(58-46(73)39(22(3)62)59-42(69)31(15-37(65)66)54-43(70)33(19-60)56-40(67)27(48)14-35(49)63)45(72)52-18-36(64)53-30(12-23-16-50-28-10-6-4-8-25(23)28)41(68)57-34(20-61)44(71)55-32(47(74)75)13-24-17-51-29-11-7-5-9-26(24)29/h4-11,16-17,21-22,27,30-34,38-39,50-51,60-62H,12-15,18-20,48H2,1-3H3,(H2,49,63)(H,52,72)(H,53,64)(H,54,70)(H,55,71)(H,56,67)(H,57,68)(H,58,73)(H,59,69)(H,65,66)(H,74,75)/t22-,27+,30+,31+,32+,33+,34+,38+,39+/m1/s1. The van der Waals surface area contributed by atoms with Crippen LogP contribution in [0.15, 0.2) is 60.9 Å². The summed E-state index contributed by atoms with van der Waals surface area (Å²) in [6.45, 7) is 1.17. The number of carboxylic acids is 2. The Morgan fingerprint density at radius 2 is 1.00 bits per heavy atom. The summed E-state index contributed by atoms with van der Waals surface area (Å²) in [4.78, 5) is 148. The number of primary amides is 1. The highest BCUT2D eigenvalue weighted by molar-refractivity contribution is 5.99. The quantitative estimate of drug-likeness (QED) is 0.0242. The second-order valence-corrected chi connectivity index (χ2v) is 17.7. The first-order valence-electron chi connectivity index (χ1n) is 23.3. The van der Waals surface area contributed by atoms with E-state index in [2.05, 4.69) is 41.9 Å². The van der Waals surface area contributed by atoms with E-state index in [-0.39, 0.29) is 12.8 Å². The zero-order valence-electron chi connectivity index (χ0n) is 40.9. The fourth-order valence-corrected chi connectivity index (χ4v) is 7.59. The Morgan fingerprint density at radius 3 is 1.48 bits per heavy atom. The van der Waals surface area contributed by atoms with Crippen molar-refractivity contribution in [2.75, 3.05) is 19.8 Å². The van der Waals surface area contributed by atoms with Crippen molar-refractivity contribution in [1.29, 1.82) is 0 Å². The van der Waals surface area contributed by atoms with Crippen molar-refractivity contribution in [2.24, 2.45) is 17.4 Å². The van der Waals surface area contributed by atoms with E-state index >= 15 is 0 Å². The Bertz CT molecular complexity index is 2740. The number of hydrogen-bond donors (Lipinski definition) is 17. The molecule has 19 N–H and O–H groups in total. The molecule has 406 valence electrons. The van der Waals surface area contributed by atoms with Crippen LogP contribution < -0.4 is 54.0 Å². The Labute approximate surface area is 426 Å². The van der Waals surface area contributed by atoms with Crippen LogP contribution in [0.25, 0.3) is 21.8 Å². The van der Waals surface area contributed by atoms with Crippen LogP contribution in [0.3, 0.4) is 0 Å². The number of nitrogens with two attached hydrogens (primary N) is 2. The lowest BCUT2D eigenvalue weighted by Gasteiger charge is -2.28. The summed E-state index contributed by atoms with van der Waals surface area (Å²) in [6.07, 6.45) is -0.645. The molecule has 0 aliphatic carbocycles. The molecule has 0 aliphatic rings. The molecule has 4 rings (SSSR count). The molecular weight excluding hydrogens is 989 g/mol. The molecule has 0 unspecified atom stereocenters. The highest BCUT2D eigenvalue weighted by Crippen LogP contribution is 2.21. The predicted molar refractivity (Wildman–Crippen MR) is 263 cm³/mol. The monoisotopic (exact) mass is 1050 g/mol. The number of nitrogens with one attached hydrogen (secondary N) is 10. The molecule has 2 heterocycles. The third-order valence-corrected chi connectivity index (χ3v) is 11.6. The number of carbonyl (C=O) groups is 11. The van der Waals surface area contributed by atoms with Gasteiger partial charge in [0.25, 0.3) is 0 Å². The van der Waals surface area contributed by atoms with Gasteiger partial charge in [0.2, 0.25) is 53.2 Å². The topological polar surface area (TPSA) is 469 Å². The van der Waals surface area contributed by atoms with Crippen molar-refractivity contribution in [1.82, 2.24) is 52.5 Å². The molecule has 28 nitrogen and oxygen atoms in total. The third-order valence-electron chi connectivity index (χ3n) is 11.6. The fourth-order valence-electron chi connectivity index (χ4n) is 7.59. The van der Waals surface area contributed by atoms with Gasteiger partial charge in [-0.05, 0) is 36.1 Å². The first-order chi connectivity index (χ1) is 35.4. The molecule has 28 heteroatoms. The SMILES string of the molecule is CC(C)[C@H](NC(=O)[C@@H](NC(=O)[C@H](CC(=O)O)NC(=O)[C@H](CO)NC(=O)[C@@H](N)CC(N)=O)[C@@H](C)O)C(=O)NCC(=O)N[C@@H](Cc1c[nH]c2ccccc12)C(=O)N[C@@H](CO)C(=O)N[C@@H](Cc1c[nH]c2ccccc12)C(=O)O. The van der Waals surface area contributed by atoms with E-state index in [0.717, 1.165) is 17.8 Å². The summed E-state index contributed by atoms with van der Waals surface area (Å²) < 4.78 is 0. The largest absolute Gasteiger partial charge is 0.481 e. The molecule has 0 spiro atoms. The van der Waals surface area contributed by atoms with Gasteiger partial charge in [0.15, 0.2) is 0 Å². The smallest absolute Gasteiger partial charge is 0.326 e. The summed E-state index contributed by atoms with van der Waals surface area (Å²) in [6, 6.07) is 0.696. The van der Waals surface area contributed by atoms with Crippen LogP contribution in [0.5, 0.6) is 0 Å². The van der Waals surface area contributed by atoms with Crippen molar-refractivity contribution in [3.63, 3.8) is 0 Å². The summed E-state index contributed by atoms with van der Waals surface area (Å²) in [5.41, 5.74) is 13.1. The van der Waals surface area contributed by atoms with Gasteiger partial charge in [0.05, 0.1) is 44.7 Å². The van der Waals surface area contributed by atoms with Crippen LogP contribution >= 0.6 is 0 Å². The lowest BCUT2D eigenvalue weighted by molar-refractivity contribution is -0.142. The van der Waals surface area contributed by atoms with E-state index in [4.69, 9.17) is 11.5 Å². The van der Waals surface area contributed by atoms with Crippen molar-refractivity contribution in [2.45, 2.75) is 101 Å². The summed E-state index contributed by atoms with van der Waals surface area (Å²) in [7, 11) is 0. The Hall–Kier alpha value is -8.47. The minimum absolute atomic E-state index is 0.158.